The third-order valence-electron chi connectivity index (χ3n) is 8.23. The highest BCUT2D eigenvalue weighted by Gasteiger charge is 2.54. The van der Waals surface area contributed by atoms with Crippen molar-refractivity contribution < 1.29 is 24.1 Å². The van der Waals surface area contributed by atoms with E-state index < -0.39 is 11.6 Å². The number of hydrazine groups is 1. The molecule has 47 heavy (non-hydrogen) atoms. The zero-order valence-corrected chi connectivity index (χ0v) is 25.9. The molecule has 2 aliphatic heterocycles. The number of aliphatic imine (C=N–C) groups is 1. The Hall–Kier alpha value is -5.19. The van der Waals surface area contributed by atoms with E-state index in [0.29, 0.717) is 67.8 Å². The molecule has 240 valence electrons. The second-order valence-corrected chi connectivity index (χ2v) is 11.3. The van der Waals surface area contributed by atoms with Gasteiger partial charge in [0.05, 0.1) is 19.8 Å². The molecule has 0 unspecified atom stereocenters. The molecule has 2 N–H and O–H groups in total. The molecule has 2 heterocycles. The molecule has 4 aromatic rings. The van der Waals surface area contributed by atoms with Crippen LogP contribution >= 0.6 is 0 Å². The first-order chi connectivity index (χ1) is 23.1. The second-order valence-electron chi connectivity index (χ2n) is 11.3. The van der Waals surface area contributed by atoms with E-state index in [-0.39, 0.29) is 18.9 Å². The highest BCUT2D eigenvalue weighted by molar-refractivity contribution is 6.01. The number of hydrogen-bond acceptors (Lipinski definition) is 8. The molecule has 1 fully saturated rings. The smallest absolute Gasteiger partial charge is 0.266 e. The fourth-order valence-electron chi connectivity index (χ4n) is 5.78. The topological polar surface area (TPSA) is 141 Å². The molecule has 4 aromatic carbocycles. The molecule has 11 nitrogen and oxygen atoms in total. The number of carbonyl (C=O) groups excluding carboxylic acids is 1. The van der Waals surface area contributed by atoms with Crippen LogP contribution in [-0.2, 0) is 20.7 Å². The van der Waals surface area contributed by atoms with Crippen molar-refractivity contribution in [2.24, 2.45) is 10.1 Å². The minimum absolute atomic E-state index is 0.0495. The van der Waals surface area contributed by atoms with Crippen molar-refractivity contribution in [3.63, 3.8) is 0 Å². The Balaban J connectivity index is 1.44. The number of amides is 1. The highest BCUT2D eigenvalue weighted by Crippen LogP contribution is 2.44. The minimum Gasteiger partial charge on any atom is -0.494 e. The van der Waals surface area contributed by atoms with E-state index in [1.54, 1.807) is 12.1 Å². The summed E-state index contributed by atoms with van der Waals surface area (Å²) >= 11 is 0. The Morgan fingerprint density at radius 3 is 2.36 bits per heavy atom. The predicted octanol–water partition coefficient (Wildman–Crippen LogP) is 5.92. The van der Waals surface area contributed by atoms with Crippen LogP contribution in [0.25, 0.3) is 21.6 Å². The molecule has 0 radical (unpaired) electrons. The summed E-state index contributed by atoms with van der Waals surface area (Å²) in [5.74, 6) is 0.613. The molecule has 11 heteroatoms. The number of nitrogens with zero attached hydrogens (tertiary/aromatic N) is 5. The van der Waals surface area contributed by atoms with Crippen LogP contribution in [0.1, 0.15) is 29.2 Å². The zero-order chi connectivity index (χ0) is 32.5. The van der Waals surface area contributed by atoms with Crippen molar-refractivity contribution in [1.29, 1.82) is 0 Å². The summed E-state index contributed by atoms with van der Waals surface area (Å²) in [6, 6.07) is 32.5. The number of nitrogens with one attached hydrogen (secondary N) is 1. The molecule has 1 saturated heterocycles. The van der Waals surface area contributed by atoms with Crippen LogP contribution in [0.2, 0.25) is 0 Å². The third kappa shape index (κ3) is 7.29. The lowest BCUT2D eigenvalue weighted by molar-refractivity contribution is -0.136. The van der Waals surface area contributed by atoms with Gasteiger partial charge in [-0.2, -0.15) is 0 Å². The molecule has 0 aromatic heterocycles. The van der Waals surface area contributed by atoms with Crippen LogP contribution in [0.5, 0.6) is 5.75 Å². The van der Waals surface area contributed by atoms with Crippen molar-refractivity contribution >= 4 is 17.5 Å². The Morgan fingerprint density at radius 1 is 0.957 bits per heavy atom. The van der Waals surface area contributed by atoms with E-state index >= 15 is 0 Å². The zero-order valence-electron chi connectivity index (χ0n) is 25.9. The summed E-state index contributed by atoms with van der Waals surface area (Å²) in [4.78, 5) is 22.8. The van der Waals surface area contributed by atoms with E-state index in [9.17, 15) is 10.3 Å². The van der Waals surface area contributed by atoms with Gasteiger partial charge in [0.25, 0.3) is 5.91 Å². The van der Waals surface area contributed by atoms with Crippen molar-refractivity contribution in [3.8, 4) is 16.9 Å². The number of hydrogen-bond donors (Lipinski definition) is 2. The van der Waals surface area contributed by atoms with E-state index in [2.05, 4.69) is 15.5 Å². The molecular weight excluding hydrogens is 596 g/mol. The van der Waals surface area contributed by atoms with Gasteiger partial charge in [0.2, 0.25) is 5.90 Å². The standard InChI is InChI=1S/C36H36N6O5/c37-41-39-32-10-5-4-9-30(32)25-36(35(44)40-42-19-23-45-24-20-42)33(28-13-11-27(12-14-28)26-7-2-1-3-8-26)47-34(38-36)29-15-17-31(18-16-29)46-22-6-21-43/h1-5,7-18,33,43H,6,19-25H2,(H,40,44)/t33-,36-/m0/s1. The fourth-order valence-corrected chi connectivity index (χ4v) is 5.78. The first-order valence-corrected chi connectivity index (χ1v) is 15.6. The molecule has 2 atom stereocenters. The summed E-state index contributed by atoms with van der Waals surface area (Å²) in [6.07, 6.45) is -0.182. The normalized spacial score (nSPS) is 19.3. The van der Waals surface area contributed by atoms with Crippen LogP contribution in [0.4, 0.5) is 5.69 Å². The molecule has 0 saturated carbocycles. The lowest BCUT2D eigenvalue weighted by atomic mass is 9.81. The summed E-state index contributed by atoms with van der Waals surface area (Å²) in [5, 5.41) is 14.9. The van der Waals surface area contributed by atoms with E-state index in [4.69, 9.17) is 24.3 Å². The van der Waals surface area contributed by atoms with Crippen LogP contribution in [0, 0.1) is 0 Å². The van der Waals surface area contributed by atoms with Gasteiger partial charge in [0.15, 0.2) is 11.6 Å². The first kappa shape index (κ1) is 31.8. The van der Waals surface area contributed by atoms with Crippen molar-refractivity contribution in [3.05, 3.63) is 130 Å². The number of benzene rings is 4. The maximum Gasteiger partial charge on any atom is 0.266 e. The van der Waals surface area contributed by atoms with Crippen LogP contribution in [0.3, 0.4) is 0 Å². The molecule has 2 aliphatic rings. The average Bonchev–Trinajstić information content (AvgIpc) is 3.51. The molecule has 6 rings (SSSR count). The van der Waals surface area contributed by atoms with E-state index in [0.717, 1.165) is 16.7 Å². The van der Waals surface area contributed by atoms with Gasteiger partial charge in [-0.05, 0) is 52.1 Å². The predicted molar refractivity (Wildman–Crippen MR) is 178 cm³/mol. The number of morpholine rings is 1. The number of aliphatic hydroxyl groups excluding tert-OH is 1. The summed E-state index contributed by atoms with van der Waals surface area (Å²) in [6.45, 7) is 2.49. The Morgan fingerprint density at radius 2 is 1.64 bits per heavy atom. The van der Waals surface area contributed by atoms with Crippen molar-refractivity contribution in [2.75, 3.05) is 39.5 Å². The molecule has 0 bridgehead atoms. The summed E-state index contributed by atoms with van der Waals surface area (Å²) in [7, 11) is 0. The summed E-state index contributed by atoms with van der Waals surface area (Å²) < 4.78 is 17.9. The molecule has 0 aliphatic carbocycles. The number of rotatable bonds is 12. The van der Waals surface area contributed by atoms with Gasteiger partial charge in [-0.1, -0.05) is 84.0 Å². The second kappa shape index (κ2) is 14.9. The Kier molecular flexibility index (Phi) is 10.1. The fraction of sp³-hybridized carbons (Fsp3) is 0.278. The number of carbonyl (C=O) groups is 1. The van der Waals surface area contributed by atoms with Gasteiger partial charge in [-0.25, -0.2) is 10.0 Å². The van der Waals surface area contributed by atoms with Gasteiger partial charge in [-0.3, -0.25) is 10.2 Å². The lowest BCUT2D eigenvalue weighted by Crippen LogP contribution is -2.57. The van der Waals surface area contributed by atoms with Crippen molar-refractivity contribution in [2.45, 2.75) is 24.5 Å². The maximum absolute atomic E-state index is 14.6. The third-order valence-corrected chi connectivity index (χ3v) is 8.23. The van der Waals surface area contributed by atoms with Gasteiger partial charge in [0.1, 0.15) is 5.75 Å². The molecule has 0 spiro atoms. The SMILES string of the molecule is [N-]=[N+]=Nc1ccccc1C[C@]1(C(=O)NN2CCOCC2)N=C(c2ccc(OCCCO)cc2)O[C@H]1c1ccc(-c2ccccc2)cc1. The van der Waals surface area contributed by atoms with Gasteiger partial charge in [-0.15, -0.1) is 0 Å². The van der Waals surface area contributed by atoms with Crippen molar-refractivity contribution in [1.82, 2.24) is 10.4 Å². The van der Waals surface area contributed by atoms with Gasteiger partial charge >= 0.3 is 0 Å². The van der Waals surface area contributed by atoms with E-state index in [1.807, 2.05) is 96.0 Å². The quantitative estimate of drug-likeness (QED) is 0.0860. The summed E-state index contributed by atoms with van der Waals surface area (Å²) in [5.41, 5.74) is 15.6. The minimum atomic E-state index is -1.47. The molecule has 1 amide bonds. The highest BCUT2D eigenvalue weighted by atomic mass is 16.5. The molecular formula is C36H36N6O5. The van der Waals surface area contributed by atoms with Crippen LogP contribution in [0.15, 0.2) is 113 Å². The largest absolute Gasteiger partial charge is 0.494 e. The first-order valence-electron chi connectivity index (χ1n) is 15.6. The number of aliphatic hydroxyl groups is 1. The lowest BCUT2D eigenvalue weighted by Gasteiger charge is -2.35. The monoisotopic (exact) mass is 632 g/mol. The van der Waals surface area contributed by atoms with Gasteiger partial charge < -0.3 is 19.3 Å². The van der Waals surface area contributed by atoms with E-state index in [1.165, 1.54) is 0 Å². The Bertz CT molecular complexity index is 1740. The van der Waals surface area contributed by atoms with Crippen LogP contribution < -0.4 is 10.2 Å². The number of azide groups is 1. The number of ether oxygens (including phenoxy) is 3. The van der Waals surface area contributed by atoms with Crippen LogP contribution in [-0.4, -0.2) is 67.0 Å². The maximum atomic E-state index is 14.6. The average molecular weight is 633 g/mol. The van der Waals surface area contributed by atoms with Gasteiger partial charge in [0, 0.05) is 48.7 Å². The Labute approximate surface area is 273 Å².